The number of fused-ring (bicyclic) bond motifs is 1. The van der Waals surface area contributed by atoms with Crippen LogP contribution >= 0.6 is 0 Å². The Morgan fingerprint density at radius 2 is 1.86 bits per heavy atom. The highest BCUT2D eigenvalue weighted by molar-refractivity contribution is 5.75. The first-order valence-electron chi connectivity index (χ1n) is 7.32. The zero-order valence-electron chi connectivity index (χ0n) is 13.6. The Kier molecular flexibility index (Phi) is 4.12. The van der Waals surface area contributed by atoms with Crippen molar-refractivity contribution in [3.63, 3.8) is 0 Å². The first-order valence-corrected chi connectivity index (χ1v) is 7.32. The first kappa shape index (κ1) is 16.7. The summed E-state index contributed by atoms with van der Waals surface area (Å²) in [5, 5.41) is 9.76. The van der Waals surface area contributed by atoms with E-state index in [9.17, 15) is 9.90 Å². The molecule has 0 radical (unpaired) electrons. The van der Waals surface area contributed by atoms with Gasteiger partial charge in [0.15, 0.2) is 12.1 Å². The SMILES string of the molecule is C[C@H]1[C@H]2OC(C)(C)O[C@H]2O[C@@]1(CO)COC(=O)C(C)(C)C. The molecule has 2 aliphatic heterocycles. The Labute approximate surface area is 125 Å². The molecular weight excluding hydrogens is 276 g/mol. The van der Waals surface area contributed by atoms with Crippen LogP contribution in [-0.2, 0) is 23.7 Å². The van der Waals surface area contributed by atoms with E-state index in [-0.39, 0.29) is 31.2 Å². The molecule has 0 aromatic rings. The number of rotatable bonds is 3. The molecule has 4 atom stereocenters. The largest absolute Gasteiger partial charge is 0.462 e. The van der Waals surface area contributed by atoms with Crippen LogP contribution in [0.2, 0.25) is 0 Å². The van der Waals surface area contributed by atoms with E-state index in [0.717, 1.165) is 0 Å². The zero-order valence-corrected chi connectivity index (χ0v) is 13.6. The summed E-state index contributed by atoms with van der Waals surface area (Å²) >= 11 is 0. The van der Waals surface area contributed by atoms with Crippen LogP contribution < -0.4 is 0 Å². The van der Waals surface area contributed by atoms with Crippen molar-refractivity contribution < 1.29 is 28.8 Å². The third-order valence-electron chi connectivity index (χ3n) is 4.09. The van der Waals surface area contributed by atoms with Crippen molar-refractivity contribution in [1.29, 1.82) is 0 Å². The zero-order chi connectivity index (χ0) is 16.1. The predicted molar refractivity (Wildman–Crippen MR) is 74.3 cm³/mol. The molecule has 2 rings (SSSR count). The van der Waals surface area contributed by atoms with Gasteiger partial charge < -0.3 is 24.1 Å². The van der Waals surface area contributed by atoms with Gasteiger partial charge in [0, 0.05) is 5.92 Å². The fourth-order valence-electron chi connectivity index (χ4n) is 2.62. The molecule has 21 heavy (non-hydrogen) atoms. The molecule has 0 unspecified atom stereocenters. The maximum atomic E-state index is 11.9. The second-order valence-electron chi connectivity index (χ2n) is 7.42. The topological polar surface area (TPSA) is 74.2 Å². The van der Waals surface area contributed by atoms with E-state index in [1.54, 1.807) is 20.8 Å². The van der Waals surface area contributed by atoms with Crippen LogP contribution in [0.15, 0.2) is 0 Å². The van der Waals surface area contributed by atoms with Crippen molar-refractivity contribution in [2.24, 2.45) is 11.3 Å². The molecule has 0 spiro atoms. The van der Waals surface area contributed by atoms with Gasteiger partial charge in [-0.3, -0.25) is 4.79 Å². The average Bonchev–Trinajstić information content (AvgIpc) is 2.78. The molecule has 6 nitrogen and oxygen atoms in total. The lowest BCUT2D eigenvalue weighted by Crippen LogP contribution is -2.47. The molecular formula is C15H26O6. The van der Waals surface area contributed by atoms with Crippen molar-refractivity contribution in [2.75, 3.05) is 13.2 Å². The summed E-state index contributed by atoms with van der Waals surface area (Å²) in [6.07, 6.45) is -0.823. The fraction of sp³-hybridized carbons (Fsp3) is 0.933. The van der Waals surface area contributed by atoms with Gasteiger partial charge in [0.1, 0.15) is 18.3 Å². The van der Waals surface area contributed by atoms with E-state index in [1.807, 2.05) is 20.8 Å². The normalized spacial score (nSPS) is 38.3. The highest BCUT2D eigenvalue weighted by Gasteiger charge is 2.60. The minimum Gasteiger partial charge on any atom is -0.462 e. The molecule has 1 N–H and O–H groups in total. The van der Waals surface area contributed by atoms with E-state index >= 15 is 0 Å². The Morgan fingerprint density at radius 1 is 1.24 bits per heavy atom. The fourth-order valence-corrected chi connectivity index (χ4v) is 2.62. The van der Waals surface area contributed by atoms with Crippen LogP contribution in [0.4, 0.5) is 0 Å². The maximum Gasteiger partial charge on any atom is 0.311 e. The van der Waals surface area contributed by atoms with Gasteiger partial charge in [-0.25, -0.2) is 0 Å². The highest BCUT2D eigenvalue weighted by atomic mass is 16.8. The summed E-state index contributed by atoms with van der Waals surface area (Å²) in [5.41, 5.74) is -1.57. The number of aliphatic hydroxyl groups is 1. The Hall–Kier alpha value is -0.690. The molecule has 0 amide bonds. The van der Waals surface area contributed by atoms with Crippen molar-refractivity contribution in [2.45, 2.75) is 65.3 Å². The third-order valence-corrected chi connectivity index (χ3v) is 4.09. The molecule has 6 heteroatoms. The van der Waals surface area contributed by atoms with Gasteiger partial charge in [0.05, 0.1) is 12.0 Å². The summed E-state index contributed by atoms with van der Waals surface area (Å²) in [6.45, 7) is 10.6. The third kappa shape index (κ3) is 3.08. The monoisotopic (exact) mass is 302 g/mol. The van der Waals surface area contributed by atoms with Crippen LogP contribution in [0.3, 0.4) is 0 Å². The van der Waals surface area contributed by atoms with E-state index in [4.69, 9.17) is 18.9 Å². The molecule has 0 bridgehead atoms. The molecule has 2 fully saturated rings. The van der Waals surface area contributed by atoms with E-state index in [0.29, 0.717) is 0 Å². The number of esters is 1. The number of ether oxygens (including phenoxy) is 4. The number of aliphatic hydroxyl groups excluding tert-OH is 1. The maximum absolute atomic E-state index is 11.9. The standard InChI is InChI=1S/C15H26O6/c1-9-10-11(20-14(5,6)19-10)21-15(9,7-16)8-18-12(17)13(2,3)4/h9-11,16H,7-8H2,1-6H3/t9-,10+,11-,15-/m0/s1. The lowest BCUT2D eigenvalue weighted by Gasteiger charge is -2.33. The van der Waals surface area contributed by atoms with Crippen molar-refractivity contribution >= 4 is 5.97 Å². The second kappa shape index (κ2) is 5.19. The van der Waals surface area contributed by atoms with E-state index in [1.165, 1.54) is 0 Å². The lowest BCUT2D eigenvalue weighted by atomic mass is 9.88. The van der Waals surface area contributed by atoms with Crippen LogP contribution in [0.5, 0.6) is 0 Å². The smallest absolute Gasteiger partial charge is 0.311 e. The predicted octanol–water partition coefficient (Wildman–Crippen LogP) is 1.45. The Balaban J connectivity index is 2.06. The molecule has 122 valence electrons. The average molecular weight is 302 g/mol. The van der Waals surface area contributed by atoms with Crippen molar-refractivity contribution in [3.05, 3.63) is 0 Å². The molecule has 0 aliphatic carbocycles. The Morgan fingerprint density at radius 3 is 2.33 bits per heavy atom. The number of carbonyl (C=O) groups excluding carboxylic acids is 1. The molecule has 2 heterocycles. The van der Waals surface area contributed by atoms with Gasteiger partial charge in [0.2, 0.25) is 0 Å². The van der Waals surface area contributed by atoms with Gasteiger partial charge in [0.25, 0.3) is 0 Å². The number of hydrogen-bond acceptors (Lipinski definition) is 6. The van der Waals surface area contributed by atoms with Crippen LogP contribution in [0.1, 0.15) is 41.5 Å². The molecule has 0 saturated carbocycles. The second-order valence-corrected chi connectivity index (χ2v) is 7.42. The summed E-state index contributed by atoms with van der Waals surface area (Å²) in [6, 6.07) is 0. The van der Waals surface area contributed by atoms with Gasteiger partial charge >= 0.3 is 5.97 Å². The van der Waals surface area contributed by atoms with Gasteiger partial charge in [-0.15, -0.1) is 0 Å². The van der Waals surface area contributed by atoms with E-state index < -0.39 is 23.1 Å². The quantitative estimate of drug-likeness (QED) is 0.795. The lowest BCUT2D eigenvalue weighted by molar-refractivity contribution is -0.247. The van der Waals surface area contributed by atoms with Crippen LogP contribution in [0, 0.1) is 11.3 Å². The van der Waals surface area contributed by atoms with E-state index in [2.05, 4.69) is 0 Å². The first-order chi connectivity index (χ1) is 9.51. The molecule has 0 aromatic heterocycles. The minimum atomic E-state index is -0.979. The van der Waals surface area contributed by atoms with Gasteiger partial charge in [-0.05, 0) is 34.6 Å². The van der Waals surface area contributed by atoms with Crippen molar-refractivity contribution in [3.8, 4) is 0 Å². The van der Waals surface area contributed by atoms with Gasteiger partial charge in [-0.1, -0.05) is 6.92 Å². The highest BCUT2D eigenvalue weighted by Crippen LogP contribution is 2.45. The number of carbonyl (C=O) groups is 1. The van der Waals surface area contributed by atoms with Crippen molar-refractivity contribution in [1.82, 2.24) is 0 Å². The summed E-state index contributed by atoms with van der Waals surface area (Å²) in [4.78, 5) is 11.9. The molecule has 0 aromatic carbocycles. The Bertz CT molecular complexity index is 413. The van der Waals surface area contributed by atoms with Gasteiger partial charge in [-0.2, -0.15) is 0 Å². The summed E-state index contributed by atoms with van der Waals surface area (Å²) in [5.74, 6) is -1.18. The summed E-state index contributed by atoms with van der Waals surface area (Å²) < 4.78 is 22.7. The summed E-state index contributed by atoms with van der Waals surface area (Å²) in [7, 11) is 0. The number of hydrogen-bond donors (Lipinski definition) is 1. The van der Waals surface area contributed by atoms with Crippen LogP contribution in [-0.4, -0.2) is 48.1 Å². The minimum absolute atomic E-state index is 0.0130. The van der Waals surface area contributed by atoms with Crippen LogP contribution in [0.25, 0.3) is 0 Å². The molecule has 2 aliphatic rings. The molecule has 2 saturated heterocycles.